The van der Waals surface area contributed by atoms with Crippen molar-refractivity contribution in [3.63, 3.8) is 0 Å². The molecule has 0 saturated carbocycles. The third kappa shape index (κ3) is 4.90. The number of likely N-dealkylation sites (tertiary alicyclic amines) is 1. The molecule has 0 atom stereocenters. The molecule has 0 radical (unpaired) electrons. The Hall–Kier alpha value is -2.76. The van der Waals surface area contributed by atoms with E-state index in [2.05, 4.69) is 0 Å². The Kier molecular flexibility index (Phi) is 6.16. The number of nitrogens with zero attached hydrogens (tertiary/aromatic N) is 1. The maximum absolute atomic E-state index is 13.8. The minimum absolute atomic E-state index is 0.153. The van der Waals surface area contributed by atoms with Crippen LogP contribution < -0.4 is 0 Å². The Bertz CT molecular complexity index is 802. The molecule has 2 aromatic carbocycles. The van der Waals surface area contributed by atoms with E-state index in [1.165, 1.54) is 4.90 Å². The van der Waals surface area contributed by atoms with Gasteiger partial charge in [0.05, 0.1) is 18.1 Å². The number of benzene rings is 2. The molecule has 1 aliphatic rings. The highest BCUT2D eigenvalue weighted by atomic mass is 19.1. The van der Waals surface area contributed by atoms with Crippen LogP contribution in [0.2, 0.25) is 0 Å². The molecule has 0 unspecified atom stereocenters. The summed E-state index contributed by atoms with van der Waals surface area (Å²) in [6, 6.07) is 12.7. The molecule has 0 aliphatic carbocycles. The van der Waals surface area contributed by atoms with Gasteiger partial charge >= 0.3 is 5.97 Å². The van der Waals surface area contributed by atoms with Crippen LogP contribution in [-0.2, 0) is 16.0 Å². The molecule has 0 N–H and O–H groups in total. The first-order chi connectivity index (χ1) is 13.0. The molecular weight excluding hydrogens is 352 g/mol. The lowest BCUT2D eigenvalue weighted by Gasteiger charge is -2.31. The van der Waals surface area contributed by atoms with Crippen LogP contribution in [0.15, 0.2) is 48.5 Å². The molecule has 1 aliphatic heterocycles. The van der Waals surface area contributed by atoms with E-state index in [1.807, 2.05) is 30.3 Å². The van der Waals surface area contributed by atoms with E-state index in [1.54, 1.807) is 0 Å². The number of ether oxygens (including phenoxy) is 1. The van der Waals surface area contributed by atoms with Gasteiger partial charge in [-0.3, -0.25) is 9.59 Å². The summed E-state index contributed by atoms with van der Waals surface area (Å²) in [6.07, 6.45) is 1.60. The van der Waals surface area contributed by atoms with Crippen molar-refractivity contribution in [3.05, 3.63) is 71.3 Å². The summed E-state index contributed by atoms with van der Waals surface area (Å²) in [7, 11) is 0. The smallest absolute Gasteiger partial charge is 0.309 e. The minimum Gasteiger partial charge on any atom is -0.465 e. The van der Waals surface area contributed by atoms with E-state index in [-0.39, 0.29) is 17.5 Å². The number of piperidine rings is 1. The lowest BCUT2D eigenvalue weighted by molar-refractivity contribution is -0.149. The van der Waals surface area contributed by atoms with Crippen LogP contribution in [0.25, 0.3) is 0 Å². The Morgan fingerprint density at radius 2 is 1.74 bits per heavy atom. The molecular formula is C21H21F2NO3. The van der Waals surface area contributed by atoms with Crippen molar-refractivity contribution in [3.8, 4) is 0 Å². The highest BCUT2D eigenvalue weighted by Crippen LogP contribution is 2.21. The van der Waals surface area contributed by atoms with E-state index < -0.39 is 17.5 Å². The van der Waals surface area contributed by atoms with Crippen LogP contribution >= 0.6 is 0 Å². The monoisotopic (exact) mass is 373 g/mol. The zero-order chi connectivity index (χ0) is 19.2. The summed E-state index contributed by atoms with van der Waals surface area (Å²) in [6.45, 7) is 1.00. The van der Waals surface area contributed by atoms with Gasteiger partial charge in [0.2, 0.25) is 0 Å². The maximum Gasteiger partial charge on any atom is 0.309 e. The molecule has 6 heteroatoms. The van der Waals surface area contributed by atoms with Crippen LogP contribution in [0.1, 0.15) is 28.8 Å². The van der Waals surface area contributed by atoms with E-state index in [0.717, 1.165) is 17.7 Å². The third-order valence-electron chi connectivity index (χ3n) is 4.75. The first kappa shape index (κ1) is 19.0. The largest absolute Gasteiger partial charge is 0.465 e. The van der Waals surface area contributed by atoms with Gasteiger partial charge in [0.15, 0.2) is 0 Å². The summed E-state index contributed by atoms with van der Waals surface area (Å²) < 4.78 is 32.1. The molecule has 0 bridgehead atoms. The van der Waals surface area contributed by atoms with E-state index in [4.69, 9.17) is 4.74 Å². The van der Waals surface area contributed by atoms with Gasteiger partial charge in [0, 0.05) is 25.6 Å². The minimum atomic E-state index is -0.873. The first-order valence-corrected chi connectivity index (χ1v) is 8.99. The SMILES string of the molecule is O=C(OCCc1ccccc1)C1CCN(C(=O)c2ccc(F)cc2F)CC1. The van der Waals surface area contributed by atoms with Crippen LogP contribution in [-0.4, -0.2) is 36.5 Å². The van der Waals surface area contributed by atoms with E-state index in [9.17, 15) is 18.4 Å². The lowest BCUT2D eigenvalue weighted by atomic mass is 9.96. The fraction of sp³-hybridized carbons (Fsp3) is 0.333. The predicted octanol–water partition coefficient (Wildman–Crippen LogP) is 3.60. The van der Waals surface area contributed by atoms with Crippen LogP contribution in [0.4, 0.5) is 8.78 Å². The normalized spacial score (nSPS) is 14.8. The van der Waals surface area contributed by atoms with Crippen molar-refractivity contribution in [1.82, 2.24) is 4.90 Å². The Balaban J connectivity index is 1.46. The molecule has 1 saturated heterocycles. The second-order valence-corrected chi connectivity index (χ2v) is 6.59. The van der Waals surface area contributed by atoms with Crippen molar-refractivity contribution in [1.29, 1.82) is 0 Å². The predicted molar refractivity (Wildman–Crippen MR) is 96.1 cm³/mol. The molecule has 3 rings (SSSR count). The number of rotatable bonds is 5. The number of hydrogen-bond donors (Lipinski definition) is 0. The molecule has 1 heterocycles. The maximum atomic E-state index is 13.8. The molecule has 1 amide bonds. The zero-order valence-electron chi connectivity index (χ0n) is 14.9. The summed E-state index contributed by atoms with van der Waals surface area (Å²) in [4.78, 5) is 26.1. The number of hydrogen-bond acceptors (Lipinski definition) is 3. The van der Waals surface area contributed by atoms with Crippen molar-refractivity contribution in [2.24, 2.45) is 5.92 Å². The molecule has 4 nitrogen and oxygen atoms in total. The van der Waals surface area contributed by atoms with E-state index >= 15 is 0 Å². The highest BCUT2D eigenvalue weighted by Gasteiger charge is 2.29. The second kappa shape index (κ2) is 8.75. The molecule has 142 valence electrons. The topological polar surface area (TPSA) is 46.6 Å². The fourth-order valence-corrected chi connectivity index (χ4v) is 3.18. The zero-order valence-corrected chi connectivity index (χ0v) is 14.9. The summed E-state index contributed by atoms with van der Waals surface area (Å²) >= 11 is 0. The summed E-state index contributed by atoms with van der Waals surface area (Å²) in [5.41, 5.74) is 0.951. The number of amides is 1. The number of esters is 1. The number of carbonyl (C=O) groups excluding carboxylic acids is 2. The van der Waals surface area contributed by atoms with Gasteiger partial charge in [-0.15, -0.1) is 0 Å². The van der Waals surface area contributed by atoms with Crippen molar-refractivity contribution < 1.29 is 23.1 Å². The van der Waals surface area contributed by atoms with Gasteiger partial charge in [-0.1, -0.05) is 30.3 Å². The first-order valence-electron chi connectivity index (χ1n) is 8.99. The summed E-state index contributed by atoms with van der Waals surface area (Å²) in [5.74, 6) is -2.60. The molecule has 27 heavy (non-hydrogen) atoms. The van der Waals surface area contributed by atoms with Crippen LogP contribution in [0.3, 0.4) is 0 Å². The number of carbonyl (C=O) groups is 2. The van der Waals surface area contributed by atoms with Gasteiger partial charge in [0.25, 0.3) is 5.91 Å². The fourth-order valence-electron chi connectivity index (χ4n) is 3.18. The average Bonchev–Trinajstić information content (AvgIpc) is 2.68. The molecule has 1 fully saturated rings. The van der Waals surface area contributed by atoms with Gasteiger partial charge in [-0.25, -0.2) is 8.78 Å². The second-order valence-electron chi connectivity index (χ2n) is 6.59. The summed E-state index contributed by atoms with van der Waals surface area (Å²) in [5, 5.41) is 0. The Morgan fingerprint density at radius 1 is 1.04 bits per heavy atom. The highest BCUT2D eigenvalue weighted by molar-refractivity contribution is 5.94. The van der Waals surface area contributed by atoms with Crippen LogP contribution in [0.5, 0.6) is 0 Å². The van der Waals surface area contributed by atoms with Crippen molar-refractivity contribution in [2.75, 3.05) is 19.7 Å². The van der Waals surface area contributed by atoms with E-state index in [0.29, 0.717) is 45.0 Å². The van der Waals surface area contributed by atoms with Crippen LogP contribution in [0, 0.1) is 17.6 Å². The Morgan fingerprint density at radius 3 is 2.41 bits per heavy atom. The molecule has 2 aromatic rings. The van der Waals surface area contributed by atoms with Gasteiger partial charge in [-0.2, -0.15) is 0 Å². The third-order valence-corrected chi connectivity index (χ3v) is 4.75. The quantitative estimate of drug-likeness (QED) is 0.753. The molecule has 0 spiro atoms. The van der Waals surface area contributed by atoms with Gasteiger partial charge in [-0.05, 0) is 30.5 Å². The van der Waals surface area contributed by atoms with Crippen molar-refractivity contribution >= 4 is 11.9 Å². The lowest BCUT2D eigenvalue weighted by Crippen LogP contribution is -2.41. The average molecular weight is 373 g/mol. The van der Waals surface area contributed by atoms with Gasteiger partial charge in [0.1, 0.15) is 11.6 Å². The van der Waals surface area contributed by atoms with Crippen molar-refractivity contribution in [2.45, 2.75) is 19.3 Å². The molecule has 0 aromatic heterocycles. The number of halogens is 2. The standard InChI is InChI=1S/C21H21F2NO3/c22-17-6-7-18(19(23)14-17)20(25)24-11-8-16(9-12-24)21(26)27-13-10-15-4-2-1-3-5-15/h1-7,14,16H,8-13H2. The van der Waals surface area contributed by atoms with Gasteiger partial charge < -0.3 is 9.64 Å². The Labute approximate surface area is 156 Å².